The van der Waals surface area contributed by atoms with Gasteiger partial charge in [0.2, 0.25) is 0 Å². The van der Waals surface area contributed by atoms with Crippen LogP contribution in [-0.4, -0.2) is 4.98 Å². The lowest BCUT2D eigenvalue weighted by Gasteiger charge is -2.16. The van der Waals surface area contributed by atoms with Crippen LogP contribution in [0.4, 0.5) is 0 Å². The van der Waals surface area contributed by atoms with E-state index < -0.39 is 0 Å². The van der Waals surface area contributed by atoms with Crippen molar-refractivity contribution in [1.82, 2.24) is 10.4 Å². The summed E-state index contributed by atoms with van der Waals surface area (Å²) in [6, 6.07) is 20.8. The zero-order chi connectivity index (χ0) is 13.8. The number of aromatic nitrogens is 1. The summed E-state index contributed by atoms with van der Waals surface area (Å²) in [6.45, 7) is 0. The number of nitrogens with one attached hydrogen (secondary N) is 1. The molecular formula is C17H17N3. The standard InChI is InChI=1S/C17H17N3/c18-20-17(12-16-7-3-4-10-19-16)15-9-8-13-5-1-2-6-14(13)11-15/h1-11,17,20H,12,18H2. The van der Waals surface area contributed by atoms with Crippen LogP contribution in [0.5, 0.6) is 0 Å². The molecule has 1 atom stereocenters. The van der Waals surface area contributed by atoms with Crippen molar-refractivity contribution >= 4 is 10.8 Å². The molecule has 0 aliphatic rings. The Morgan fingerprint density at radius 2 is 1.75 bits per heavy atom. The van der Waals surface area contributed by atoms with Gasteiger partial charge in [-0.2, -0.15) is 0 Å². The maximum Gasteiger partial charge on any atom is 0.0515 e. The van der Waals surface area contributed by atoms with Crippen molar-refractivity contribution in [3.05, 3.63) is 78.1 Å². The van der Waals surface area contributed by atoms with Gasteiger partial charge in [-0.15, -0.1) is 0 Å². The number of benzene rings is 2. The van der Waals surface area contributed by atoms with Crippen LogP contribution < -0.4 is 11.3 Å². The summed E-state index contributed by atoms with van der Waals surface area (Å²) >= 11 is 0. The number of rotatable bonds is 4. The molecule has 0 saturated heterocycles. The lowest BCUT2D eigenvalue weighted by Crippen LogP contribution is -2.29. The van der Waals surface area contributed by atoms with E-state index in [1.54, 1.807) is 0 Å². The highest BCUT2D eigenvalue weighted by Gasteiger charge is 2.11. The smallest absolute Gasteiger partial charge is 0.0515 e. The SMILES string of the molecule is NNC(Cc1ccccn1)c1ccc2ccccc2c1. The molecule has 0 bridgehead atoms. The van der Waals surface area contributed by atoms with Crippen molar-refractivity contribution in [1.29, 1.82) is 0 Å². The van der Waals surface area contributed by atoms with Crippen molar-refractivity contribution in [2.45, 2.75) is 12.5 Å². The van der Waals surface area contributed by atoms with Crippen molar-refractivity contribution in [2.24, 2.45) is 5.84 Å². The minimum atomic E-state index is 0.0644. The van der Waals surface area contributed by atoms with Crippen molar-refractivity contribution in [3.63, 3.8) is 0 Å². The van der Waals surface area contributed by atoms with E-state index in [0.29, 0.717) is 0 Å². The first-order valence-electron chi connectivity index (χ1n) is 6.71. The maximum atomic E-state index is 5.72. The lowest BCUT2D eigenvalue weighted by molar-refractivity contribution is 0.546. The molecule has 0 aliphatic carbocycles. The number of fused-ring (bicyclic) bond motifs is 1. The van der Waals surface area contributed by atoms with Crippen molar-refractivity contribution in [2.75, 3.05) is 0 Å². The Kier molecular flexibility index (Phi) is 3.72. The minimum Gasteiger partial charge on any atom is -0.271 e. The summed E-state index contributed by atoms with van der Waals surface area (Å²) < 4.78 is 0. The van der Waals surface area contributed by atoms with Gasteiger partial charge in [0, 0.05) is 18.3 Å². The highest BCUT2D eigenvalue weighted by Crippen LogP contribution is 2.22. The van der Waals surface area contributed by atoms with E-state index in [2.05, 4.69) is 52.9 Å². The summed E-state index contributed by atoms with van der Waals surface area (Å²) in [4.78, 5) is 4.36. The second-order valence-electron chi connectivity index (χ2n) is 4.85. The molecule has 0 saturated carbocycles. The summed E-state index contributed by atoms with van der Waals surface area (Å²) in [6.07, 6.45) is 2.58. The van der Waals surface area contributed by atoms with Crippen LogP contribution >= 0.6 is 0 Å². The highest BCUT2D eigenvalue weighted by molar-refractivity contribution is 5.83. The third-order valence-corrected chi connectivity index (χ3v) is 3.52. The Labute approximate surface area is 118 Å². The third-order valence-electron chi connectivity index (χ3n) is 3.52. The van der Waals surface area contributed by atoms with Gasteiger partial charge in [0.1, 0.15) is 0 Å². The van der Waals surface area contributed by atoms with Gasteiger partial charge in [0.15, 0.2) is 0 Å². The Balaban J connectivity index is 1.91. The van der Waals surface area contributed by atoms with Gasteiger partial charge >= 0.3 is 0 Å². The van der Waals surface area contributed by atoms with Crippen LogP contribution in [0, 0.1) is 0 Å². The van der Waals surface area contributed by atoms with Gasteiger partial charge in [0.25, 0.3) is 0 Å². The molecule has 3 heteroatoms. The maximum absolute atomic E-state index is 5.72. The average Bonchev–Trinajstić information content (AvgIpc) is 2.53. The number of hydrogen-bond donors (Lipinski definition) is 2. The van der Waals surface area contributed by atoms with Gasteiger partial charge in [0.05, 0.1) is 6.04 Å². The Bertz CT molecular complexity index is 695. The van der Waals surface area contributed by atoms with Crippen LogP contribution in [0.15, 0.2) is 66.9 Å². The molecular weight excluding hydrogens is 246 g/mol. The number of pyridine rings is 1. The molecule has 3 rings (SSSR count). The molecule has 2 aromatic carbocycles. The monoisotopic (exact) mass is 263 g/mol. The molecule has 0 fully saturated rings. The molecule has 0 amide bonds. The topological polar surface area (TPSA) is 50.9 Å². The Hall–Kier alpha value is -2.23. The molecule has 0 spiro atoms. The first-order valence-corrected chi connectivity index (χ1v) is 6.71. The quantitative estimate of drug-likeness (QED) is 0.562. The highest BCUT2D eigenvalue weighted by atomic mass is 15.2. The van der Waals surface area contributed by atoms with Gasteiger partial charge < -0.3 is 0 Å². The Morgan fingerprint density at radius 3 is 2.50 bits per heavy atom. The predicted octanol–water partition coefficient (Wildman–Crippen LogP) is 2.98. The van der Waals surface area contributed by atoms with Crippen molar-refractivity contribution < 1.29 is 0 Å². The molecule has 1 aromatic heterocycles. The summed E-state index contributed by atoms with van der Waals surface area (Å²) in [5, 5.41) is 2.47. The second-order valence-corrected chi connectivity index (χ2v) is 4.85. The van der Waals surface area contributed by atoms with Gasteiger partial charge in [-0.3, -0.25) is 16.3 Å². The summed E-state index contributed by atoms with van der Waals surface area (Å²) in [5.74, 6) is 5.72. The van der Waals surface area contributed by atoms with E-state index in [9.17, 15) is 0 Å². The lowest BCUT2D eigenvalue weighted by atomic mass is 9.99. The normalized spacial score (nSPS) is 12.4. The average molecular weight is 263 g/mol. The first-order chi connectivity index (χ1) is 9.86. The van der Waals surface area contributed by atoms with E-state index in [1.807, 2.05) is 24.4 Å². The van der Waals surface area contributed by atoms with Gasteiger partial charge in [-0.05, 0) is 34.5 Å². The van der Waals surface area contributed by atoms with Gasteiger partial charge in [-0.1, -0.05) is 42.5 Å². The number of hydrogen-bond acceptors (Lipinski definition) is 3. The zero-order valence-corrected chi connectivity index (χ0v) is 11.2. The summed E-state index contributed by atoms with van der Waals surface area (Å²) in [7, 11) is 0. The molecule has 20 heavy (non-hydrogen) atoms. The minimum absolute atomic E-state index is 0.0644. The van der Waals surface area contributed by atoms with Gasteiger partial charge in [-0.25, -0.2) is 0 Å². The van der Waals surface area contributed by atoms with Crippen LogP contribution in [0.25, 0.3) is 10.8 Å². The largest absolute Gasteiger partial charge is 0.271 e. The predicted molar refractivity (Wildman–Crippen MR) is 82.0 cm³/mol. The fourth-order valence-corrected chi connectivity index (χ4v) is 2.43. The molecule has 1 heterocycles. The Morgan fingerprint density at radius 1 is 0.950 bits per heavy atom. The molecule has 3 nitrogen and oxygen atoms in total. The van der Waals surface area contributed by atoms with Crippen LogP contribution in [0.2, 0.25) is 0 Å². The molecule has 0 aliphatic heterocycles. The molecule has 100 valence electrons. The molecule has 0 radical (unpaired) electrons. The van der Waals surface area contributed by atoms with Crippen LogP contribution in [-0.2, 0) is 6.42 Å². The summed E-state index contributed by atoms with van der Waals surface area (Å²) in [5.41, 5.74) is 5.10. The van der Waals surface area contributed by atoms with E-state index in [0.717, 1.165) is 12.1 Å². The molecule has 3 N–H and O–H groups in total. The number of hydrazine groups is 1. The van der Waals surface area contributed by atoms with E-state index >= 15 is 0 Å². The number of nitrogens with zero attached hydrogens (tertiary/aromatic N) is 1. The van der Waals surface area contributed by atoms with Crippen molar-refractivity contribution in [3.8, 4) is 0 Å². The zero-order valence-electron chi connectivity index (χ0n) is 11.2. The second kappa shape index (κ2) is 5.82. The fraction of sp³-hybridized carbons (Fsp3) is 0.118. The molecule has 1 unspecified atom stereocenters. The van der Waals surface area contributed by atoms with Crippen LogP contribution in [0.3, 0.4) is 0 Å². The third kappa shape index (κ3) is 2.69. The van der Waals surface area contributed by atoms with E-state index in [1.165, 1.54) is 16.3 Å². The van der Waals surface area contributed by atoms with E-state index in [-0.39, 0.29) is 6.04 Å². The molecule has 3 aromatic rings. The van der Waals surface area contributed by atoms with Crippen LogP contribution in [0.1, 0.15) is 17.3 Å². The fourth-order valence-electron chi connectivity index (χ4n) is 2.43. The first kappa shape index (κ1) is 12.8. The van der Waals surface area contributed by atoms with E-state index in [4.69, 9.17) is 5.84 Å². The number of nitrogens with two attached hydrogens (primary N) is 1.